The number of hydrogen-bond donors (Lipinski definition) is 0. The maximum absolute atomic E-state index is 4.07. The zero-order valence-corrected chi connectivity index (χ0v) is 13.0. The van der Waals surface area contributed by atoms with Gasteiger partial charge in [-0.2, -0.15) is 0 Å². The molecule has 1 aliphatic rings. The molecule has 1 nitrogen and oxygen atoms in total. The predicted molar refractivity (Wildman–Crippen MR) is 78.3 cm³/mol. The van der Waals surface area contributed by atoms with Crippen molar-refractivity contribution in [1.29, 1.82) is 0 Å². The molecule has 0 aromatic heterocycles. The Labute approximate surface area is 124 Å². The summed E-state index contributed by atoms with van der Waals surface area (Å²) in [5.41, 5.74) is 1.81. The first kappa shape index (κ1) is 16.3. The molecule has 0 amide bonds. The van der Waals surface area contributed by atoms with Gasteiger partial charge in [-0.1, -0.05) is 36.8 Å². The third-order valence-corrected chi connectivity index (χ3v) is 4.84. The number of benzene rings is 1. The minimum Gasteiger partial charge on any atom is -1.00 e. The second-order valence-corrected chi connectivity index (χ2v) is 6.17. The van der Waals surface area contributed by atoms with Crippen LogP contribution < -0.4 is 12.4 Å². The number of halogens is 1. The number of quaternary nitrogens is 1. The molecule has 0 unspecified atom stereocenters. The van der Waals surface area contributed by atoms with E-state index in [-0.39, 0.29) is 12.4 Å². The summed E-state index contributed by atoms with van der Waals surface area (Å²) in [6.45, 7) is 4.07. The van der Waals surface area contributed by atoms with E-state index in [1.165, 1.54) is 44.1 Å². The van der Waals surface area contributed by atoms with Crippen molar-refractivity contribution < 1.29 is 16.9 Å². The van der Waals surface area contributed by atoms with Crippen LogP contribution in [0.15, 0.2) is 43.1 Å². The Bertz CT molecular complexity index is 391. The molecule has 1 aliphatic carbocycles. The van der Waals surface area contributed by atoms with Crippen LogP contribution in [0.3, 0.4) is 0 Å². The Morgan fingerprint density at radius 1 is 1.11 bits per heavy atom. The highest BCUT2D eigenvalue weighted by molar-refractivity contribution is 5.17. The van der Waals surface area contributed by atoms with Crippen molar-refractivity contribution in [1.82, 2.24) is 0 Å². The largest absolute Gasteiger partial charge is 1.00 e. The van der Waals surface area contributed by atoms with Crippen molar-refractivity contribution in [3.8, 4) is 0 Å². The number of nitrogens with zero attached hydrogens (tertiary/aromatic N) is 1. The zero-order valence-electron chi connectivity index (χ0n) is 12.2. The van der Waals surface area contributed by atoms with E-state index in [2.05, 4.69) is 57.2 Å². The van der Waals surface area contributed by atoms with Crippen LogP contribution in [0.5, 0.6) is 0 Å². The maximum Gasteiger partial charge on any atom is 0.107 e. The number of rotatable bonds is 4. The molecular formula is C17H26ClN. The summed E-state index contributed by atoms with van der Waals surface area (Å²) < 4.78 is 0.932. The molecule has 2 rings (SSSR count). The Hall–Kier alpha value is -0.790. The highest BCUT2D eigenvalue weighted by Crippen LogP contribution is 2.39. The van der Waals surface area contributed by atoms with Crippen molar-refractivity contribution in [2.75, 3.05) is 14.1 Å². The summed E-state index contributed by atoms with van der Waals surface area (Å²) >= 11 is 0. The van der Waals surface area contributed by atoms with Gasteiger partial charge in [-0.3, -0.25) is 4.48 Å². The summed E-state index contributed by atoms with van der Waals surface area (Å²) in [6, 6.07) is 10.9. The molecule has 0 bridgehead atoms. The van der Waals surface area contributed by atoms with Gasteiger partial charge in [0, 0.05) is 19.3 Å². The maximum atomic E-state index is 4.07. The molecule has 2 heteroatoms. The third-order valence-electron chi connectivity index (χ3n) is 4.84. The van der Waals surface area contributed by atoms with E-state index in [1.807, 2.05) is 0 Å². The number of likely N-dealkylation sites (N-methyl/N-ethyl adjacent to an activating group) is 1. The van der Waals surface area contributed by atoms with Crippen molar-refractivity contribution >= 4 is 0 Å². The summed E-state index contributed by atoms with van der Waals surface area (Å²) in [4.78, 5) is 0. The first-order chi connectivity index (χ1) is 8.60. The highest BCUT2D eigenvalue weighted by Gasteiger charge is 2.44. The van der Waals surface area contributed by atoms with Gasteiger partial charge in [0.05, 0.1) is 20.3 Å². The van der Waals surface area contributed by atoms with Crippen LogP contribution in [0.25, 0.3) is 0 Å². The van der Waals surface area contributed by atoms with Crippen molar-refractivity contribution in [2.24, 2.45) is 0 Å². The molecule has 1 fully saturated rings. The van der Waals surface area contributed by atoms with E-state index in [4.69, 9.17) is 0 Å². The van der Waals surface area contributed by atoms with Gasteiger partial charge >= 0.3 is 0 Å². The second-order valence-electron chi connectivity index (χ2n) is 6.17. The van der Waals surface area contributed by atoms with Crippen LogP contribution in [-0.2, 0) is 6.42 Å². The zero-order chi connectivity index (χ0) is 13.1. The van der Waals surface area contributed by atoms with Gasteiger partial charge in [-0.05, 0) is 25.0 Å². The van der Waals surface area contributed by atoms with E-state index < -0.39 is 0 Å². The molecule has 0 spiro atoms. The normalized spacial score (nSPS) is 18.4. The van der Waals surface area contributed by atoms with E-state index >= 15 is 0 Å². The average Bonchev–Trinajstić information content (AvgIpc) is 2.41. The molecule has 0 saturated heterocycles. The smallest absolute Gasteiger partial charge is 0.107 e. The SMILES string of the molecule is C=C[N+](C)(C)C1(Cc2ccccc2)CCCCC1.[Cl-]. The van der Waals surface area contributed by atoms with Crippen molar-refractivity contribution in [3.05, 3.63) is 48.7 Å². The topological polar surface area (TPSA) is 0 Å². The standard InChI is InChI=1S/C17H26N.ClH/c1-4-18(2,3)17(13-9-6-10-14-17)15-16-11-7-5-8-12-16;/h4-5,7-8,11-12H,1,6,9-10,13-15H2,2-3H3;1H/q+1;/p-1. The van der Waals surface area contributed by atoms with Crippen molar-refractivity contribution in [2.45, 2.75) is 44.1 Å². The summed E-state index contributed by atoms with van der Waals surface area (Å²) in [5, 5.41) is 0. The van der Waals surface area contributed by atoms with Gasteiger partial charge in [0.25, 0.3) is 0 Å². The molecule has 1 aromatic rings. The molecule has 0 radical (unpaired) electrons. The Morgan fingerprint density at radius 3 is 2.21 bits per heavy atom. The summed E-state index contributed by atoms with van der Waals surface area (Å²) in [6.07, 6.45) is 10.1. The highest BCUT2D eigenvalue weighted by atomic mass is 35.5. The molecule has 0 atom stereocenters. The van der Waals surface area contributed by atoms with Crippen LogP contribution in [0.1, 0.15) is 37.7 Å². The van der Waals surface area contributed by atoms with Gasteiger partial charge in [-0.15, -0.1) is 0 Å². The van der Waals surface area contributed by atoms with Gasteiger partial charge in [0.2, 0.25) is 0 Å². The van der Waals surface area contributed by atoms with Crippen LogP contribution >= 0.6 is 0 Å². The van der Waals surface area contributed by atoms with Crippen LogP contribution in [-0.4, -0.2) is 24.1 Å². The van der Waals surface area contributed by atoms with Crippen LogP contribution in [0.2, 0.25) is 0 Å². The fraction of sp³-hybridized carbons (Fsp3) is 0.529. The lowest BCUT2D eigenvalue weighted by molar-refractivity contribution is -0.896. The van der Waals surface area contributed by atoms with E-state index in [9.17, 15) is 0 Å². The Balaban J connectivity index is 0.00000180. The minimum absolute atomic E-state index is 0. The summed E-state index contributed by atoms with van der Waals surface area (Å²) in [5.74, 6) is 0. The quantitative estimate of drug-likeness (QED) is 0.726. The van der Waals surface area contributed by atoms with Gasteiger partial charge in [0.15, 0.2) is 0 Å². The first-order valence-electron chi connectivity index (χ1n) is 7.11. The molecule has 19 heavy (non-hydrogen) atoms. The molecule has 1 saturated carbocycles. The molecule has 0 aliphatic heterocycles. The first-order valence-corrected chi connectivity index (χ1v) is 7.11. The lowest BCUT2D eigenvalue weighted by Gasteiger charge is -2.49. The lowest BCUT2D eigenvalue weighted by atomic mass is 9.75. The van der Waals surface area contributed by atoms with Crippen LogP contribution in [0.4, 0.5) is 0 Å². The summed E-state index contributed by atoms with van der Waals surface area (Å²) in [7, 11) is 4.61. The molecule has 0 heterocycles. The fourth-order valence-corrected chi connectivity index (χ4v) is 3.34. The van der Waals surface area contributed by atoms with E-state index in [0.29, 0.717) is 5.54 Å². The van der Waals surface area contributed by atoms with Gasteiger partial charge in [0.1, 0.15) is 5.54 Å². The molecule has 1 aromatic carbocycles. The fourth-order valence-electron chi connectivity index (χ4n) is 3.34. The third kappa shape index (κ3) is 3.40. The molecular weight excluding hydrogens is 254 g/mol. The minimum atomic E-state index is 0. The molecule has 106 valence electrons. The van der Waals surface area contributed by atoms with Gasteiger partial charge < -0.3 is 12.4 Å². The van der Waals surface area contributed by atoms with E-state index in [0.717, 1.165) is 4.48 Å². The number of hydrogen-bond acceptors (Lipinski definition) is 0. The predicted octanol–water partition coefficient (Wildman–Crippen LogP) is 1.16. The monoisotopic (exact) mass is 279 g/mol. The Morgan fingerprint density at radius 2 is 1.68 bits per heavy atom. The second kappa shape index (κ2) is 6.58. The average molecular weight is 280 g/mol. The lowest BCUT2D eigenvalue weighted by Crippen LogP contribution is -3.00. The Kier molecular flexibility index (Phi) is 5.64. The van der Waals surface area contributed by atoms with Gasteiger partial charge in [-0.25, -0.2) is 0 Å². The van der Waals surface area contributed by atoms with E-state index in [1.54, 1.807) is 0 Å². The molecule has 0 N–H and O–H groups in total. The van der Waals surface area contributed by atoms with Crippen molar-refractivity contribution in [3.63, 3.8) is 0 Å². The van der Waals surface area contributed by atoms with Crippen LogP contribution in [0, 0.1) is 0 Å².